The number of hydrogen-bond acceptors (Lipinski definition) is 3. The fourth-order valence-electron chi connectivity index (χ4n) is 1.79. The number of rotatable bonds is 3. The Kier molecular flexibility index (Phi) is 2.93. The highest BCUT2D eigenvalue weighted by atomic mass is 16.5. The Morgan fingerprint density at radius 1 is 1.57 bits per heavy atom. The van der Waals surface area contributed by atoms with Gasteiger partial charge in [-0.2, -0.15) is 0 Å². The highest BCUT2D eigenvalue weighted by molar-refractivity contribution is 5.71. The van der Waals surface area contributed by atoms with Crippen LogP contribution in [0.1, 0.15) is 23.3 Å². The molecule has 0 bridgehead atoms. The van der Waals surface area contributed by atoms with Gasteiger partial charge in [-0.3, -0.25) is 4.79 Å². The summed E-state index contributed by atoms with van der Waals surface area (Å²) in [6, 6.07) is 0. The molecule has 1 fully saturated rings. The number of ether oxygens (including phenoxy) is 1. The lowest BCUT2D eigenvalue weighted by Crippen LogP contribution is -2.20. The first-order chi connectivity index (χ1) is 6.90. The molecule has 1 saturated heterocycles. The number of carbonyl (C=O) groups excluding carboxylic acids is 1. The van der Waals surface area contributed by atoms with E-state index < -0.39 is 0 Å². The number of imidazole rings is 1. The van der Waals surface area contributed by atoms with Gasteiger partial charge in [0, 0.05) is 19.8 Å². The molecule has 4 heteroatoms. The zero-order chi connectivity index (χ0) is 9.80. The van der Waals surface area contributed by atoms with Crippen molar-refractivity contribution in [1.82, 2.24) is 9.55 Å². The summed E-state index contributed by atoms with van der Waals surface area (Å²) in [5, 5.41) is 0. The smallest absolute Gasteiger partial charge is 0.168 e. The van der Waals surface area contributed by atoms with E-state index in [1.807, 2.05) is 4.57 Å². The molecular weight excluding hydrogens is 180 g/mol. The zero-order valence-corrected chi connectivity index (χ0v) is 8.06. The summed E-state index contributed by atoms with van der Waals surface area (Å²) in [5.74, 6) is 0.622. The molecule has 0 aromatic carbocycles. The van der Waals surface area contributed by atoms with E-state index in [9.17, 15) is 4.79 Å². The summed E-state index contributed by atoms with van der Waals surface area (Å²) in [4.78, 5) is 14.6. The molecule has 0 aliphatic carbocycles. The van der Waals surface area contributed by atoms with E-state index in [0.29, 0.717) is 11.6 Å². The van der Waals surface area contributed by atoms with Crippen molar-refractivity contribution in [3.05, 3.63) is 18.2 Å². The first-order valence-electron chi connectivity index (χ1n) is 4.93. The number of nitrogens with zero attached hydrogens (tertiary/aromatic N) is 2. The van der Waals surface area contributed by atoms with Crippen molar-refractivity contribution >= 4 is 6.29 Å². The van der Waals surface area contributed by atoms with Gasteiger partial charge in [0.15, 0.2) is 6.29 Å². The summed E-state index contributed by atoms with van der Waals surface area (Å²) in [7, 11) is 0. The van der Waals surface area contributed by atoms with Crippen molar-refractivity contribution in [3.8, 4) is 0 Å². The summed E-state index contributed by atoms with van der Waals surface area (Å²) in [5.41, 5.74) is 0.663. The van der Waals surface area contributed by atoms with Crippen molar-refractivity contribution < 1.29 is 9.53 Å². The predicted molar refractivity (Wildman–Crippen MR) is 51.2 cm³/mol. The lowest BCUT2D eigenvalue weighted by Gasteiger charge is -2.22. The molecule has 0 amide bonds. The van der Waals surface area contributed by atoms with Gasteiger partial charge in [-0.1, -0.05) is 0 Å². The Hall–Kier alpha value is -1.16. The van der Waals surface area contributed by atoms with Gasteiger partial charge >= 0.3 is 0 Å². The topological polar surface area (TPSA) is 44.1 Å². The molecule has 0 saturated carbocycles. The second-order valence-electron chi connectivity index (χ2n) is 3.64. The van der Waals surface area contributed by atoms with Gasteiger partial charge < -0.3 is 9.30 Å². The van der Waals surface area contributed by atoms with E-state index in [0.717, 1.165) is 38.9 Å². The predicted octanol–water partition coefficient (Wildman–Crippen LogP) is 1.12. The van der Waals surface area contributed by atoms with Crippen LogP contribution in [0.15, 0.2) is 12.5 Å². The molecule has 76 valence electrons. The van der Waals surface area contributed by atoms with Gasteiger partial charge in [0.2, 0.25) is 0 Å². The third-order valence-corrected chi connectivity index (χ3v) is 2.66. The van der Waals surface area contributed by atoms with E-state index in [-0.39, 0.29) is 0 Å². The number of aldehydes is 1. The van der Waals surface area contributed by atoms with Gasteiger partial charge in [0.1, 0.15) is 5.69 Å². The van der Waals surface area contributed by atoms with Gasteiger partial charge in [0.05, 0.1) is 12.5 Å². The summed E-state index contributed by atoms with van der Waals surface area (Å²) in [6.45, 7) is 2.57. The first-order valence-corrected chi connectivity index (χ1v) is 4.93. The SMILES string of the molecule is O=Cc1cncn1CC1CCOCC1. The number of aromatic nitrogens is 2. The number of carbonyl (C=O) groups is 1. The maximum atomic E-state index is 10.6. The average Bonchev–Trinajstić information content (AvgIpc) is 2.67. The quantitative estimate of drug-likeness (QED) is 0.677. The molecule has 0 atom stereocenters. The molecule has 4 nitrogen and oxygen atoms in total. The second-order valence-corrected chi connectivity index (χ2v) is 3.64. The van der Waals surface area contributed by atoms with Crippen LogP contribution in [0.25, 0.3) is 0 Å². The fourth-order valence-corrected chi connectivity index (χ4v) is 1.79. The minimum Gasteiger partial charge on any atom is -0.381 e. The Bertz CT molecular complexity index is 303. The molecule has 0 N–H and O–H groups in total. The molecule has 0 unspecified atom stereocenters. The van der Waals surface area contributed by atoms with Crippen LogP contribution in [0, 0.1) is 5.92 Å². The van der Waals surface area contributed by atoms with Crippen molar-refractivity contribution in [2.45, 2.75) is 19.4 Å². The van der Waals surface area contributed by atoms with Crippen LogP contribution in [0.5, 0.6) is 0 Å². The molecule has 1 aliphatic rings. The summed E-state index contributed by atoms with van der Waals surface area (Å²) in [6.07, 6.45) is 6.34. The normalized spacial score (nSPS) is 18.3. The minimum atomic E-state index is 0.622. The second kappa shape index (κ2) is 4.37. The molecule has 0 spiro atoms. The molecule has 1 aromatic heterocycles. The molecule has 2 heterocycles. The Morgan fingerprint density at radius 3 is 3.07 bits per heavy atom. The lowest BCUT2D eigenvalue weighted by atomic mass is 10.0. The van der Waals surface area contributed by atoms with Crippen LogP contribution in [0.2, 0.25) is 0 Å². The summed E-state index contributed by atoms with van der Waals surface area (Å²) < 4.78 is 7.20. The molecule has 1 aromatic rings. The van der Waals surface area contributed by atoms with E-state index >= 15 is 0 Å². The number of hydrogen-bond donors (Lipinski definition) is 0. The molecule has 1 aliphatic heterocycles. The molecule has 14 heavy (non-hydrogen) atoms. The van der Waals surface area contributed by atoms with E-state index in [4.69, 9.17) is 4.74 Å². The van der Waals surface area contributed by atoms with Crippen LogP contribution < -0.4 is 0 Å². The highest BCUT2D eigenvalue weighted by Crippen LogP contribution is 2.17. The van der Waals surface area contributed by atoms with Gasteiger partial charge in [-0.25, -0.2) is 4.98 Å². The van der Waals surface area contributed by atoms with E-state index in [1.54, 1.807) is 12.5 Å². The maximum absolute atomic E-state index is 10.6. The van der Waals surface area contributed by atoms with Crippen molar-refractivity contribution in [2.24, 2.45) is 5.92 Å². The largest absolute Gasteiger partial charge is 0.381 e. The standard InChI is InChI=1S/C10H14N2O2/c13-7-10-5-11-8-12(10)6-9-1-3-14-4-2-9/h5,7-9H,1-4,6H2. The Morgan fingerprint density at radius 2 is 2.36 bits per heavy atom. The van der Waals surface area contributed by atoms with Crippen LogP contribution in [0.3, 0.4) is 0 Å². The van der Waals surface area contributed by atoms with Crippen molar-refractivity contribution in [3.63, 3.8) is 0 Å². The average molecular weight is 194 g/mol. The van der Waals surface area contributed by atoms with Crippen molar-refractivity contribution in [1.29, 1.82) is 0 Å². The van der Waals surface area contributed by atoms with Crippen LogP contribution >= 0.6 is 0 Å². The zero-order valence-electron chi connectivity index (χ0n) is 8.06. The summed E-state index contributed by atoms with van der Waals surface area (Å²) >= 11 is 0. The Balaban J connectivity index is 1.98. The van der Waals surface area contributed by atoms with Crippen LogP contribution in [0.4, 0.5) is 0 Å². The lowest BCUT2D eigenvalue weighted by molar-refractivity contribution is 0.0610. The van der Waals surface area contributed by atoms with Gasteiger partial charge in [-0.15, -0.1) is 0 Å². The van der Waals surface area contributed by atoms with Gasteiger partial charge in [0.25, 0.3) is 0 Å². The van der Waals surface area contributed by atoms with Crippen LogP contribution in [-0.2, 0) is 11.3 Å². The molecular formula is C10H14N2O2. The molecule has 2 rings (SSSR count). The minimum absolute atomic E-state index is 0.622. The van der Waals surface area contributed by atoms with Gasteiger partial charge in [-0.05, 0) is 18.8 Å². The third kappa shape index (κ3) is 2.01. The van der Waals surface area contributed by atoms with Crippen LogP contribution in [-0.4, -0.2) is 29.1 Å². The first kappa shape index (κ1) is 9.40. The monoisotopic (exact) mass is 194 g/mol. The maximum Gasteiger partial charge on any atom is 0.168 e. The Labute approximate surface area is 82.9 Å². The van der Waals surface area contributed by atoms with E-state index in [1.165, 1.54) is 0 Å². The fraction of sp³-hybridized carbons (Fsp3) is 0.600. The highest BCUT2D eigenvalue weighted by Gasteiger charge is 2.15. The van der Waals surface area contributed by atoms with Crippen molar-refractivity contribution in [2.75, 3.05) is 13.2 Å². The van der Waals surface area contributed by atoms with E-state index in [2.05, 4.69) is 4.98 Å². The third-order valence-electron chi connectivity index (χ3n) is 2.66. The molecule has 0 radical (unpaired) electrons.